The minimum Gasteiger partial charge on any atom is -0.490 e. The van der Waals surface area contributed by atoms with Crippen molar-refractivity contribution in [2.75, 3.05) is 19.8 Å². The Morgan fingerprint density at radius 1 is 0.957 bits per heavy atom. The minimum absolute atomic E-state index is 0.273. The van der Waals surface area contributed by atoms with Gasteiger partial charge in [0.05, 0.1) is 28.3 Å². The van der Waals surface area contributed by atoms with Crippen molar-refractivity contribution in [3.05, 3.63) is 52.0 Å². The number of benzene rings is 2. The second kappa shape index (κ2) is 8.52. The van der Waals surface area contributed by atoms with Crippen molar-refractivity contribution in [1.29, 1.82) is 5.26 Å². The van der Waals surface area contributed by atoms with Crippen LogP contribution in [0.5, 0.6) is 17.2 Å². The molecular formula is C17H15Cl2NO3. The van der Waals surface area contributed by atoms with E-state index in [1.54, 1.807) is 36.4 Å². The van der Waals surface area contributed by atoms with Crippen LogP contribution in [0, 0.1) is 11.3 Å². The Labute approximate surface area is 145 Å². The van der Waals surface area contributed by atoms with E-state index < -0.39 is 0 Å². The number of hydrogen-bond acceptors (Lipinski definition) is 4. The third-order valence-corrected chi connectivity index (χ3v) is 3.47. The zero-order chi connectivity index (χ0) is 16.7. The molecule has 0 aliphatic rings. The summed E-state index contributed by atoms with van der Waals surface area (Å²) in [6.07, 6.45) is 0. The molecule has 2 aromatic carbocycles. The highest BCUT2D eigenvalue weighted by atomic mass is 35.5. The number of halogens is 2. The molecule has 0 aromatic heterocycles. The molecule has 0 atom stereocenters. The van der Waals surface area contributed by atoms with Crippen molar-refractivity contribution in [1.82, 2.24) is 0 Å². The van der Waals surface area contributed by atoms with Crippen LogP contribution in [0.15, 0.2) is 36.4 Å². The Hall–Kier alpha value is -2.09. The van der Waals surface area contributed by atoms with Gasteiger partial charge in [-0.25, -0.2) is 0 Å². The van der Waals surface area contributed by atoms with Crippen molar-refractivity contribution in [3.63, 3.8) is 0 Å². The van der Waals surface area contributed by atoms with E-state index in [1.165, 1.54) is 0 Å². The molecule has 0 N–H and O–H groups in total. The highest BCUT2D eigenvalue weighted by Crippen LogP contribution is 2.32. The maximum atomic E-state index is 8.92. The van der Waals surface area contributed by atoms with Crippen LogP contribution in [-0.4, -0.2) is 19.8 Å². The smallest absolute Gasteiger partial charge is 0.162 e. The predicted octanol–water partition coefficient (Wildman–Crippen LogP) is 4.72. The molecule has 6 heteroatoms. The fourth-order valence-electron chi connectivity index (χ4n) is 1.88. The highest BCUT2D eigenvalue weighted by molar-refractivity contribution is 6.37. The monoisotopic (exact) mass is 351 g/mol. The van der Waals surface area contributed by atoms with Crippen LogP contribution in [0.2, 0.25) is 10.0 Å². The van der Waals surface area contributed by atoms with E-state index in [1.807, 2.05) is 6.92 Å². The molecule has 0 spiro atoms. The predicted molar refractivity (Wildman–Crippen MR) is 89.8 cm³/mol. The largest absolute Gasteiger partial charge is 0.490 e. The average molecular weight is 352 g/mol. The Bertz CT molecular complexity index is 693. The van der Waals surface area contributed by atoms with Crippen LogP contribution >= 0.6 is 23.2 Å². The SMILES string of the molecule is CCOc1cc(C#N)ccc1OCCOc1c(Cl)cccc1Cl. The Morgan fingerprint density at radius 3 is 2.30 bits per heavy atom. The van der Waals surface area contributed by atoms with Gasteiger partial charge in [-0.2, -0.15) is 5.26 Å². The third-order valence-electron chi connectivity index (χ3n) is 2.88. The maximum absolute atomic E-state index is 8.92. The molecule has 0 aliphatic heterocycles. The summed E-state index contributed by atoms with van der Waals surface area (Å²) in [4.78, 5) is 0. The summed E-state index contributed by atoms with van der Waals surface area (Å²) in [5.74, 6) is 1.52. The van der Waals surface area contributed by atoms with Crippen molar-refractivity contribution < 1.29 is 14.2 Å². The van der Waals surface area contributed by atoms with Gasteiger partial charge >= 0.3 is 0 Å². The van der Waals surface area contributed by atoms with Crippen molar-refractivity contribution in [2.24, 2.45) is 0 Å². The van der Waals surface area contributed by atoms with Crippen LogP contribution in [0.3, 0.4) is 0 Å². The lowest BCUT2D eigenvalue weighted by molar-refractivity contribution is 0.208. The number of nitriles is 1. The van der Waals surface area contributed by atoms with E-state index in [0.29, 0.717) is 39.5 Å². The second-order valence-corrected chi connectivity index (χ2v) is 5.27. The van der Waals surface area contributed by atoms with E-state index in [-0.39, 0.29) is 13.2 Å². The van der Waals surface area contributed by atoms with Crippen LogP contribution in [0.25, 0.3) is 0 Å². The highest BCUT2D eigenvalue weighted by Gasteiger charge is 2.09. The second-order valence-electron chi connectivity index (χ2n) is 4.45. The first-order valence-corrected chi connectivity index (χ1v) is 7.78. The lowest BCUT2D eigenvalue weighted by atomic mass is 10.2. The molecule has 0 heterocycles. The van der Waals surface area contributed by atoms with E-state index in [0.717, 1.165) is 0 Å². The molecule has 2 rings (SSSR count). The van der Waals surface area contributed by atoms with E-state index in [4.69, 9.17) is 42.7 Å². The first-order chi connectivity index (χ1) is 11.2. The van der Waals surface area contributed by atoms with Gasteiger partial charge in [-0.1, -0.05) is 29.3 Å². The van der Waals surface area contributed by atoms with Crippen LogP contribution in [0.4, 0.5) is 0 Å². The van der Waals surface area contributed by atoms with Crippen molar-refractivity contribution >= 4 is 23.2 Å². The first-order valence-electron chi connectivity index (χ1n) is 7.02. The van der Waals surface area contributed by atoms with Crippen molar-refractivity contribution in [2.45, 2.75) is 6.92 Å². The maximum Gasteiger partial charge on any atom is 0.162 e. The Kier molecular flexibility index (Phi) is 6.40. The molecule has 0 unspecified atom stereocenters. The quantitative estimate of drug-likeness (QED) is 0.677. The lowest BCUT2D eigenvalue weighted by Crippen LogP contribution is -2.10. The van der Waals surface area contributed by atoms with Crippen LogP contribution in [0.1, 0.15) is 12.5 Å². The van der Waals surface area contributed by atoms with Crippen LogP contribution < -0.4 is 14.2 Å². The number of hydrogen-bond donors (Lipinski definition) is 0. The van der Waals surface area contributed by atoms with Crippen molar-refractivity contribution in [3.8, 4) is 23.3 Å². The minimum atomic E-state index is 0.273. The molecule has 0 saturated carbocycles. The number of nitrogens with zero attached hydrogens (tertiary/aromatic N) is 1. The molecule has 4 nitrogen and oxygen atoms in total. The number of rotatable bonds is 7. The summed E-state index contributed by atoms with van der Waals surface area (Å²) in [5.41, 5.74) is 0.514. The summed E-state index contributed by atoms with van der Waals surface area (Å²) in [7, 11) is 0. The molecule has 0 fully saturated rings. The molecule has 2 aromatic rings. The fourth-order valence-corrected chi connectivity index (χ4v) is 2.39. The normalized spacial score (nSPS) is 10.0. The third kappa shape index (κ3) is 4.69. The average Bonchev–Trinajstić information content (AvgIpc) is 2.55. The molecule has 0 aliphatic carbocycles. The van der Waals surface area contributed by atoms with Gasteiger partial charge < -0.3 is 14.2 Å². The van der Waals surface area contributed by atoms with Gasteiger partial charge in [0.25, 0.3) is 0 Å². The lowest BCUT2D eigenvalue weighted by Gasteiger charge is -2.13. The standard InChI is InChI=1S/C17H15Cl2NO3/c1-2-21-16-10-12(11-20)6-7-15(16)22-8-9-23-17-13(18)4-3-5-14(17)19/h3-7,10H,2,8-9H2,1H3. The van der Waals surface area contributed by atoms with Gasteiger partial charge in [0.1, 0.15) is 13.2 Å². The molecule has 0 amide bonds. The summed E-state index contributed by atoms with van der Waals surface area (Å²) in [5, 5.41) is 9.82. The molecular weight excluding hydrogens is 337 g/mol. The number of para-hydroxylation sites is 1. The van der Waals surface area contributed by atoms with Gasteiger partial charge in [-0.3, -0.25) is 0 Å². The number of ether oxygens (including phenoxy) is 3. The van der Waals surface area contributed by atoms with Gasteiger partial charge in [0.2, 0.25) is 0 Å². The van der Waals surface area contributed by atoms with E-state index >= 15 is 0 Å². The first kappa shape index (κ1) is 17.3. The summed E-state index contributed by atoms with van der Waals surface area (Å²) in [6, 6.07) is 12.2. The summed E-state index contributed by atoms with van der Waals surface area (Å²) < 4.78 is 16.7. The fraction of sp³-hybridized carbons (Fsp3) is 0.235. The molecule has 0 saturated heterocycles. The van der Waals surface area contributed by atoms with Gasteiger partial charge in [0, 0.05) is 6.07 Å². The Morgan fingerprint density at radius 2 is 1.65 bits per heavy atom. The van der Waals surface area contributed by atoms with E-state index in [2.05, 4.69) is 6.07 Å². The summed E-state index contributed by atoms with van der Waals surface area (Å²) >= 11 is 12.0. The molecule has 0 radical (unpaired) electrons. The van der Waals surface area contributed by atoms with Crippen LogP contribution in [-0.2, 0) is 0 Å². The topological polar surface area (TPSA) is 51.5 Å². The Balaban J connectivity index is 1.95. The van der Waals surface area contributed by atoms with Gasteiger partial charge in [0.15, 0.2) is 17.2 Å². The zero-order valence-corrected chi connectivity index (χ0v) is 14.0. The van der Waals surface area contributed by atoms with E-state index in [9.17, 15) is 0 Å². The summed E-state index contributed by atoms with van der Waals surface area (Å²) in [6.45, 7) is 2.91. The van der Waals surface area contributed by atoms with Gasteiger partial charge in [-0.15, -0.1) is 0 Å². The molecule has 23 heavy (non-hydrogen) atoms. The molecule has 120 valence electrons. The molecule has 0 bridgehead atoms. The van der Waals surface area contributed by atoms with Gasteiger partial charge in [-0.05, 0) is 31.2 Å². The zero-order valence-electron chi connectivity index (χ0n) is 12.5.